The van der Waals surface area contributed by atoms with E-state index >= 15 is 0 Å². The summed E-state index contributed by atoms with van der Waals surface area (Å²) in [6.45, 7) is 1.12. The van der Waals surface area contributed by atoms with Gasteiger partial charge >= 0.3 is 0 Å². The number of nitrogens with one attached hydrogen (secondary N) is 1. The second-order valence-corrected chi connectivity index (χ2v) is 12.9. The number of carbonyl (C=O) groups excluding carboxylic acids is 6. The molecule has 0 saturated carbocycles. The minimum absolute atomic E-state index is 0.452. The molecule has 0 aromatic heterocycles. The fourth-order valence-corrected chi connectivity index (χ4v) is 6.77. The van der Waals surface area contributed by atoms with Gasteiger partial charge in [-0.05, 0) is 72.2 Å². The summed E-state index contributed by atoms with van der Waals surface area (Å²) in [7, 11) is -5.50. The first kappa shape index (κ1) is 24.1. The first-order chi connectivity index (χ1) is 13.1. The van der Waals surface area contributed by atoms with Crippen LogP contribution >= 0.6 is 0 Å². The zero-order valence-corrected chi connectivity index (χ0v) is 16.7. The molecule has 0 aromatic rings. The van der Waals surface area contributed by atoms with Gasteiger partial charge in [-0.3, -0.25) is 0 Å². The summed E-state index contributed by atoms with van der Waals surface area (Å²) in [5.41, 5.74) is 7.29. The quantitative estimate of drug-likeness (QED) is 0.244. The van der Waals surface area contributed by atoms with E-state index in [2.05, 4.69) is 5.32 Å². The topological polar surface area (TPSA) is 114 Å². The lowest BCUT2D eigenvalue weighted by molar-refractivity contribution is 0.567. The van der Waals surface area contributed by atoms with Gasteiger partial charge in [-0.2, -0.15) is 0 Å². The van der Waals surface area contributed by atoms with Crippen molar-refractivity contribution in [3.8, 4) is 0 Å². The number of hydrogen-bond acceptors (Lipinski definition) is 7. The molecule has 9 heteroatoms. The highest BCUT2D eigenvalue weighted by Gasteiger charge is 2.27. The van der Waals surface area contributed by atoms with Gasteiger partial charge in [-0.15, -0.1) is 0 Å². The van der Waals surface area contributed by atoms with Crippen molar-refractivity contribution in [1.82, 2.24) is 5.32 Å². The van der Waals surface area contributed by atoms with E-state index in [9.17, 15) is 28.8 Å². The predicted octanol–water partition coefficient (Wildman–Crippen LogP) is -0.184. The van der Waals surface area contributed by atoms with E-state index < -0.39 is 16.1 Å². The van der Waals surface area contributed by atoms with Gasteiger partial charge in [0, 0.05) is 0 Å². The standard InChI is InChI=1S/C18H19NO6Si2/c20-5-13-26(14-6-21,15-7-22)11-1-3-19-4-2-12-27(16-8-23,17-9-24)18-10-25/h13-19H,1-4,11-12H2. The summed E-state index contributed by atoms with van der Waals surface area (Å²) in [5.74, 6) is 9.83. The van der Waals surface area contributed by atoms with Crippen LogP contribution < -0.4 is 5.32 Å². The van der Waals surface area contributed by atoms with Crippen molar-refractivity contribution in [2.45, 2.75) is 24.9 Å². The van der Waals surface area contributed by atoms with Crippen LogP contribution in [0.25, 0.3) is 0 Å². The Morgan fingerprint density at radius 3 is 1.00 bits per heavy atom. The summed E-state index contributed by atoms with van der Waals surface area (Å²) in [5, 5.41) is 3.15. The zero-order valence-electron chi connectivity index (χ0n) is 14.7. The van der Waals surface area contributed by atoms with Crippen molar-refractivity contribution in [1.29, 1.82) is 0 Å². The van der Waals surface area contributed by atoms with Crippen LogP contribution in [0.5, 0.6) is 0 Å². The van der Waals surface area contributed by atoms with Crippen molar-refractivity contribution in [3.63, 3.8) is 0 Å². The number of hydrogen-bond donors (Lipinski definition) is 1. The van der Waals surface area contributed by atoms with Crippen LogP contribution in [0.1, 0.15) is 12.8 Å². The molecule has 27 heavy (non-hydrogen) atoms. The second-order valence-electron chi connectivity index (χ2n) is 5.75. The van der Waals surface area contributed by atoms with Crippen molar-refractivity contribution in [2.24, 2.45) is 0 Å². The first-order valence-electron chi connectivity index (χ1n) is 8.10. The van der Waals surface area contributed by atoms with Gasteiger partial charge in [0.25, 0.3) is 0 Å². The summed E-state index contributed by atoms with van der Waals surface area (Å²) >= 11 is 0. The average molecular weight is 402 g/mol. The van der Waals surface area contributed by atoms with Crippen LogP contribution in [0.4, 0.5) is 0 Å². The molecule has 0 aromatic carbocycles. The van der Waals surface area contributed by atoms with E-state index in [1.807, 2.05) is 0 Å². The fourth-order valence-electron chi connectivity index (χ4n) is 2.51. The Morgan fingerprint density at radius 1 is 0.519 bits per heavy atom. The molecule has 0 aliphatic heterocycles. The molecule has 0 saturated heterocycles. The third-order valence-corrected chi connectivity index (χ3v) is 10.3. The van der Waals surface area contributed by atoms with E-state index in [0.717, 1.165) is 0 Å². The molecule has 1 N–H and O–H groups in total. The Kier molecular flexibility index (Phi) is 12.7. The zero-order chi connectivity index (χ0) is 20.4. The normalized spacial score (nSPS) is 13.3. The molecule has 0 aliphatic rings. The number of rotatable bonds is 14. The van der Waals surface area contributed by atoms with Crippen LogP contribution in [0.15, 0.2) is 34.2 Å². The van der Waals surface area contributed by atoms with Crippen molar-refractivity contribution < 1.29 is 28.8 Å². The predicted molar refractivity (Wildman–Crippen MR) is 105 cm³/mol. The maximum Gasteiger partial charge on any atom is 0.162 e. The second kappa shape index (κ2) is 14.3. The third-order valence-electron chi connectivity index (χ3n) is 3.89. The molecule has 0 atom stereocenters. The van der Waals surface area contributed by atoms with Crippen LogP contribution in [0.3, 0.4) is 0 Å². The molecule has 0 aliphatic carbocycles. The van der Waals surface area contributed by atoms with E-state index in [1.54, 1.807) is 35.6 Å². The van der Waals surface area contributed by atoms with Crippen LogP contribution in [0.2, 0.25) is 12.1 Å². The minimum atomic E-state index is -2.75. The highest BCUT2D eigenvalue weighted by atomic mass is 28.3. The molecule has 0 rings (SSSR count). The van der Waals surface area contributed by atoms with Crippen molar-refractivity contribution in [3.05, 3.63) is 34.2 Å². The summed E-state index contributed by atoms with van der Waals surface area (Å²) in [6.07, 6.45) is 1.19. The molecule has 140 valence electrons. The van der Waals surface area contributed by atoms with Crippen LogP contribution in [-0.4, -0.2) is 64.9 Å². The molecule has 0 fully saturated rings. The lowest BCUT2D eigenvalue weighted by Gasteiger charge is -2.17. The van der Waals surface area contributed by atoms with Crippen LogP contribution in [-0.2, 0) is 28.8 Å². The van der Waals surface area contributed by atoms with Gasteiger partial charge in [0.2, 0.25) is 0 Å². The van der Waals surface area contributed by atoms with Gasteiger partial charge in [0.15, 0.2) is 16.1 Å². The molecule has 0 bridgehead atoms. The molecule has 0 radical (unpaired) electrons. The van der Waals surface area contributed by atoms with E-state index in [0.29, 0.717) is 38.0 Å². The first-order valence-corrected chi connectivity index (χ1v) is 13.0. The lowest BCUT2D eigenvalue weighted by Crippen LogP contribution is -2.31. The van der Waals surface area contributed by atoms with E-state index in [-0.39, 0.29) is 0 Å². The van der Waals surface area contributed by atoms with E-state index in [4.69, 9.17) is 0 Å². The Labute approximate surface area is 158 Å². The molecule has 0 amide bonds. The van der Waals surface area contributed by atoms with Crippen molar-refractivity contribution in [2.75, 3.05) is 13.1 Å². The monoisotopic (exact) mass is 401 g/mol. The Bertz CT molecular complexity index is 628. The Hall–Kier alpha value is -2.91. The molecule has 0 heterocycles. The lowest BCUT2D eigenvalue weighted by atomic mass is 10.4. The van der Waals surface area contributed by atoms with Crippen molar-refractivity contribution >= 4 is 51.8 Å². The smallest absolute Gasteiger partial charge is 0.162 e. The Balaban J connectivity index is 4.61. The highest BCUT2D eigenvalue weighted by molar-refractivity contribution is 6.96. The van der Waals surface area contributed by atoms with E-state index in [1.165, 1.54) is 34.2 Å². The SMILES string of the molecule is O=C=C[Si](C=C=O)(C=C=O)CCCNCCC[Si](C=C=O)(C=C=O)C=C=O. The Morgan fingerprint density at radius 2 is 0.778 bits per heavy atom. The van der Waals surface area contributed by atoms with Gasteiger partial charge < -0.3 is 5.32 Å². The molecule has 0 unspecified atom stereocenters. The molecular weight excluding hydrogens is 382 g/mol. The van der Waals surface area contributed by atoms with Gasteiger partial charge in [0.05, 0.1) is 0 Å². The molecule has 7 nitrogen and oxygen atoms in total. The molecule has 0 spiro atoms. The maximum atomic E-state index is 10.6. The molecular formula is C18H19NO6Si2. The largest absolute Gasteiger partial charge is 0.317 e. The minimum Gasteiger partial charge on any atom is -0.317 e. The fraction of sp³-hybridized carbons (Fsp3) is 0.333. The average Bonchev–Trinajstić information content (AvgIpc) is 2.62. The van der Waals surface area contributed by atoms with Gasteiger partial charge in [-0.1, -0.05) is 0 Å². The maximum absolute atomic E-state index is 10.6. The van der Waals surface area contributed by atoms with Crippen LogP contribution in [0, 0.1) is 0 Å². The summed E-state index contributed by atoms with van der Waals surface area (Å²) < 4.78 is 0. The third kappa shape index (κ3) is 9.38. The highest BCUT2D eigenvalue weighted by Crippen LogP contribution is 2.16. The van der Waals surface area contributed by atoms with Gasteiger partial charge in [-0.25, -0.2) is 28.8 Å². The van der Waals surface area contributed by atoms with Gasteiger partial charge in [0.1, 0.15) is 35.6 Å². The summed E-state index contributed by atoms with van der Waals surface area (Å²) in [6, 6.07) is 0.905. The summed E-state index contributed by atoms with van der Waals surface area (Å²) in [4.78, 5) is 63.9.